The zero-order chi connectivity index (χ0) is 27.7. The minimum atomic E-state index is -0.727. The standard InChI is InChI=1S/C29H29N3O7/c1-4-39-26-14-17(12-23(29(26)34)32(35)36)28-27-22(30-20-7-5-6-8-21(20)31-28)11-16(13-24(27)33)19-15-18(37-2)9-10-25(19)38-3/h5-10,12,14-16,28,30-31,34H,4,11,13H2,1-3H3/t16-,28+/m0/s1. The number of nitrogens with one attached hydrogen (secondary N) is 2. The number of carbonyl (C=O) groups excluding carboxylic acids is 1. The van der Waals surface area contributed by atoms with Crippen molar-refractivity contribution >= 4 is 22.8 Å². The van der Waals surface area contributed by atoms with E-state index in [1.165, 1.54) is 6.07 Å². The Kier molecular flexibility index (Phi) is 7.02. The Morgan fingerprint density at radius 3 is 2.49 bits per heavy atom. The molecule has 0 saturated heterocycles. The summed E-state index contributed by atoms with van der Waals surface area (Å²) >= 11 is 0. The van der Waals surface area contributed by atoms with Crippen LogP contribution >= 0.6 is 0 Å². The Morgan fingerprint density at radius 1 is 1.03 bits per heavy atom. The third-order valence-corrected chi connectivity index (χ3v) is 7.09. The van der Waals surface area contributed by atoms with Gasteiger partial charge in [-0.3, -0.25) is 14.9 Å². The summed E-state index contributed by atoms with van der Waals surface area (Å²) in [6.07, 6.45) is 0.701. The van der Waals surface area contributed by atoms with Crippen LogP contribution in [0.25, 0.3) is 0 Å². The molecule has 0 aromatic heterocycles. The number of aromatic hydroxyl groups is 1. The van der Waals surface area contributed by atoms with E-state index in [-0.39, 0.29) is 30.5 Å². The fourth-order valence-corrected chi connectivity index (χ4v) is 5.31. The number of nitro benzene ring substituents is 1. The number of carbonyl (C=O) groups is 1. The maximum Gasteiger partial charge on any atom is 0.315 e. The van der Waals surface area contributed by atoms with Gasteiger partial charge in [0.2, 0.25) is 5.75 Å². The largest absolute Gasteiger partial charge is 0.500 e. The van der Waals surface area contributed by atoms with Crippen LogP contribution in [0.3, 0.4) is 0 Å². The monoisotopic (exact) mass is 531 g/mol. The number of hydrogen-bond acceptors (Lipinski definition) is 9. The van der Waals surface area contributed by atoms with Gasteiger partial charge in [0.25, 0.3) is 0 Å². The quantitative estimate of drug-likeness (QED) is 0.260. The number of nitro groups is 1. The van der Waals surface area contributed by atoms with E-state index < -0.39 is 22.4 Å². The average molecular weight is 532 g/mol. The van der Waals surface area contributed by atoms with Crippen LogP contribution < -0.4 is 24.8 Å². The Bertz CT molecular complexity index is 1480. The summed E-state index contributed by atoms with van der Waals surface area (Å²) in [5, 5.41) is 29.1. The molecule has 0 radical (unpaired) electrons. The lowest BCUT2D eigenvalue weighted by molar-refractivity contribution is -0.386. The first-order valence-electron chi connectivity index (χ1n) is 12.6. The van der Waals surface area contributed by atoms with Crippen LogP contribution in [0, 0.1) is 10.1 Å². The number of Topliss-reactive ketones (excluding diaryl/α,β-unsaturated/α-hetero) is 1. The summed E-state index contributed by atoms with van der Waals surface area (Å²) in [6.45, 7) is 1.92. The third-order valence-electron chi connectivity index (χ3n) is 7.09. The van der Waals surface area contributed by atoms with E-state index in [0.29, 0.717) is 34.8 Å². The molecule has 202 valence electrons. The molecule has 1 heterocycles. The molecule has 10 heteroatoms. The van der Waals surface area contributed by atoms with Gasteiger partial charge in [-0.15, -0.1) is 0 Å². The van der Waals surface area contributed by atoms with E-state index in [0.717, 1.165) is 16.9 Å². The van der Waals surface area contributed by atoms with Crippen molar-refractivity contribution in [1.82, 2.24) is 0 Å². The third kappa shape index (κ3) is 4.81. The van der Waals surface area contributed by atoms with E-state index in [4.69, 9.17) is 14.2 Å². The lowest BCUT2D eigenvalue weighted by atomic mass is 9.78. The molecule has 3 aromatic carbocycles. The minimum Gasteiger partial charge on any atom is -0.500 e. The SMILES string of the molecule is CCOc1cc([C@H]2Nc3ccccc3NC3=C2C(=O)C[C@@H](c2cc(OC)ccc2OC)C3)cc([N+](=O)[O-])c1O. The number of methoxy groups -OCH3 is 2. The van der Waals surface area contributed by atoms with Crippen LogP contribution in [0.15, 0.2) is 65.9 Å². The summed E-state index contributed by atoms with van der Waals surface area (Å²) in [4.78, 5) is 25.1. The summed E-state index contributed by atoms with van der Waals surface area (Å²) in [7, 11) is 3.18. The maximum absolute atomic E-state index is 13.9. The average Bonchev–Trinajstić information content (AvgIpc) is 3.10. The van der Waals surface area contributed by atoms with Crippen molar-refractivity contribution in [2.24, 2.45) is 0 Å². The zero-order valence-electron chi connectivity index (χ0n) is 21.8. The van der Waals surface area contributed by atoms with Gasteiger partial charge in [0.15, 0.2) is 11.5 Å². The summed E-state index contributed by atoms with van der Waals surface area (Å²) in [6, 6.07) is 15.2. The second kappa shape index (κ2) is 10.6. The number of hydrogen-bond donors (Lipinski definition) is 3. The molecule has 3 aromatic rings. The molecule has 5 rings (SSSR count). The highest BCUT2D eigenvalue weighted by Crippen LogP contribution is 2.48. The number of allylic oxidation sites excluding steroid dienone is 1. The summed E-state index contributed by atoms with van der Waals surface area (Å²) in [5.41, 5.74) is 3.49. The molecule has 0 saturated carbocycles. The number of phenols is 1. The molecule has 1 aliphatic carbocycles. The number of para-hydroxylation sites is 2. The number of fused-ring (bicyclic) bond motifs is 1. The fraction of sp³-hybridized carbons (Fsp3) is 0.276. The van der Waals surface area contributed by atoms with Crippen molar-refractivity contribution in [3.63, 3.8) is 0 Å². The van der Waals surface area contributed by atoms with Gasteiger partial charge in [-0.2, -0.15) is 0 Å². The van der Waals surface area contributed by atoms with Crippen molar-refractivity contribution in [3.8, 4) is 23.0 Å². The molecule has 39 heavy (non-hydrogen) atoms. The van der Waals surface area contributed by atoms with Gasteiger partial charge in [-0.25, -0.2) is 0 Å². The lowest BCUT2D eigenvalue weighted by Gasteiger charge is -2.30. The molecular weight excluding hydrogens is 502 g/mol. The number of ether oxygens (including phenoxy) is 3. The number of benzene rings is 3. The van der Waals surface area contributed by atoms with Gasteiger partial charge in [0.05, 0.1) is 43.2 Å². The van der Waals surface area contributed by atoms with E-state index in [1.54, 1.807) is 27.2 Å². The number of ketones is 1. The normalized spacial score (nSPS) is 18.2. The second-order valence-electron chi connectivity index (χ2n) is 9.35. The van der Waals surface area contributed by atoms with Crippen LogP contribution in [-0.2, 0) is 4.79 Å². The zero-order valence-corrected chi connectivity index (χ0v) is 21.8. The Hall–Kier alpha value is -4.73. The van der Waals surface area contributed by atoms with Gasteiger partial charge in [-0.1, -0.05) is 12.1 Å². The van der Waals surface area contributed by atoms with Gasteiger partial charge in [0, 0.05) is 35.2 Å². The van der Waals surface area contributed by atoms with Crippen molar-refractivity contribution in [3.05, 3.63) is 87.1 Å². The highest BCUT2D eigenvalue weighted by molar-refractivity contribution is 6.01. The van der Waals surface area contributed by atoms with E-state index in [1.807, 2.05) is 42.5 Å². The fourth-order valence-electron chi connectivity index (χ4n) is 5.31. The predicted octanol–water partition coefficient (Wildman–Crippen LogP) is 5.70. The Balaban J connectivity index is 1.66. The van der Waals surface area contributed by atoms with Crippen molar-refractivity contribution in [1.29, 1.82) is 0 Å². The molecule has 0 spiro atoms. The van der Waals surface area contributed by atoms with Gasteiger partial charge < -0.3 is 30.0 Å². The molecule has 3 N–H and O–H groups in total. The maximum atomic E-state index is 13.9. The molecule has 10 nitrogen and oxygen atoms in total. The highest BCUT2D eigenvalue weighted by Gasteiger charge is 2.38. The molecule has 2 atom stereocenters. The van der Waals surface area contributed by atoms with Crippen LogP contribution in [-0.4, -0.2) is 36.6 Å². The first-order chi connectivity index (χ1) is 18.8. The Labute approximate surface area is 225 Å². The van der Waals surface area contributed by atoms with Gasteiger partial charge in [-0.05, 0) is 55.3 Å². The molecule has 2 aliphatic rings. The van der Waals surface area contributed by atoms with E-state index in [2.05, 4.69) is 10.6 Å². The topological polar surface area (TPSA) is 132 Å². The van der Waals surface area contributed by atoms with E-state index >= 15 is 0 Å². The number of anilines is 2. The summed E-state index contributed by atoms with van der Waals surface area (Å²) in [5.74, 6) is 0.462. The lowest BCUT2D eigenvalue weighted by Crippen LogP contribution is -2.27. The number of nitrogens with zero attached hydrogens (tertiary/aromatic N) is 1. The summed E-state index contributed by atoms with van der Waals surface area (Å²) < 4.78 is 16.6. The molecule has 0 amide bonds. The van der Waals surface area contributed by atoms with Crippen molar-refractivity contribution < 1.29 is 29.0 Å². The molecular formula is C29H29N3O7. The van der Waals surface area contributed by atoms with Crippen LogP contribution in [0.2, 0.25) is 0 Å². The second-order valence-corrected chi connectivity index (χ2v) is 9.35. The molecule has 1 aliphatic heterocycles. The van der Waals surface area contributed by atoms with Crippen molar-refractivity contribution in [2.45, 2.75) is 31.7 Å². The van der Waals surface area contributed by atoms with Crippen LogP contribution in [0.1, 0.15) is 42.9 Å². The first-order valence-corrected chi connectivity index (χ1v) is 12.6. The van der Waals surface area contributed by atoms with Gasteiger partial charge in [0.1, 0.15) is 11.5 Å². The first kappa shape index (κ1) is 25.9. The smallest absolute Gasteiger partial charge is 0.315 e. The van der Waals surface area contributed by atoms with Crippen molar-refractivity contribution in [2.75, 3.05) is 31.5 Å². The molecule has 0 unspecified atom stereocenters. The highest BCUT2D eigenvalue weighted by atomic mass is 16.6. The number of phenolic OH excluding ortho intramolecular Hbond substituents is 1. The Morgan fingerprint density at radius 2 is 1.79 bits per heavy atom. The number of rotatable bonds is 7. The minimum absolute atomic E-state index is 0.0154. The van der Waals surface area contributed by atoms with Crippen LogP contribution in [0.4, 0.5) is 17.1 Å². The van der Waals surface area contributed by atoms with E-state index in [9.17, 15) is 20.0 Å². The van der Waals surface area contributed by atoms with Crippen LogP contribution in [0.5, 0.6) is 23.0 Å². The molecule has 0 fully saturated rings. The molecule has 0 bridgehead atoms. The van der Waals surface area contributed by atoms with Gasteiger partial charge >= 0.3 is 5.69 Å². The predicted molar refractivity (Wildman–Crippen MR) is 146 cm³/mol.